The fraction of sp³-hybridized carbons (Fsp3) is 0.263. The lowest BCUT2D eigenvalue weighted by molar-refractivity contribution is -0.384. The summed E-state index contributed by atoms with van der Waals surface area (Å²) in [5.74, 6) is 0.719. The molecule has 0 saturated carbocycles. The van der Waals surface area contributed by atoms with E-state index >= 15 is 0 Å². The molecule has 1 aliphatic heterocycles. The molecular weight excluding hydrogens is 412 g/mol. The molecule has 0 aliphatic carbocycles. The van der Waals surface area contributed by atoms with Crippen molar-refractivity contribution >= 4 is 35.2 Å². The van der Waals surface area contributed by atoms with Crippen molar-refractivity contribution in [1.82, 2.24) is 19.7 Å². The molecule has 1 fully saturated rings. The zero-order valence-electron chi connectivity index (χ0n) is 15.5. The highest BCUT2D eigenvalue weighted by molar-refractivity contribution is 7.71. The number of rotatable bonds is 5. The van der Waals surface area contributed by atoms with E-state index in [1.54, 1.807) is 24.3 Å². The number of nitro benzene ring substituents is 1. The Kier molecular flexibility index (Phi) is 5.61. The summed E-state index contributed by atoms with van der Waals surface area (Å²) in [5.41, 5.74) is 2.04. The zero-order valence-corrected chi connectivity index (χ0v) is 17.1. The average Bonchev–Trinajstić information content (AvgIpc) is 3.09. The first kappa shape index (κ1) is 19.6. The normalized spacial score (nSPS) is 14.9. The molecule has 1 aliphatic rings. The fourth-order valence-corrected chi connectivity index (χ4v) is 3.64. The minimum absolute atomic E-state index is 0.109. The van der Waals surface area contributed by atoms with E-state index in [0.717, 1.165) is 43.3 Å². The standard InChI is InChI=1S/C19H19ClN6O2S/c20-15-3-1-14(2-4-15)18-21-19(29)25(22-18)13-23-9-11-24(12-10-23)16-5-7-17(8-6-16)26(27)28/h1-8H,9-13H2,(H,21,22,29). The quantitative estimate of drug-likeness (QED) is 0.375. The molecule has 0 atom stereocenters. The van der Waals surface area contributed by atoms with Gasteiger partial charge in [-0.25, -0.2) is 4.68 Å². The highest BCUT2D eigenvalue weighted by Crippen LogP contribution is 2.21. The van der Waals surface area contributed by atoms with E-state index in [0.29, 0.717) is 16.5 Å². The molecule has 2 aromatic carbocycles. The maximum absolute atomic E-state index is 10.8. The Morgan fingerprint density at radius 3 is 2.34 bits per heavy atom. The Morgan fingerprint density at radius 1 is 1.07 bits per heavy atom. The van der Waals surface area contributed by atoms with E-state index < -0.39 is 0 Å². The zero-order chi connectivity index (χ0) is 20.4. The van der Waals surface area contributed by atoms with E-state index in [1.807, 2.05) is 28.9 Å². The van der Waals surface area contributed by atoms with Gasteiger partial charge in [-0.1, -0.05) is 11.6 Å². The van der Waals surface area contributed by atoms with Crippen molar-refractivity contribution in [2.45, 2.75) is 6.67 Å². The largest absolute Gasteiger partial charge is 0.369 e. The van der Waals surface area contributed by atoms with Crippen molar-refractivity contribution in [2.24, 2.45) is 0 Å². The van der Waals surface area contributed by atoms with Crippen LogP contribution in [0.15, 0.2) is 48.5 Å². The molecule has 0 radical (unpaired) electrons. The lowest BCUT2D eigenvalue weighted by Gasteiger charge is -2.35. The van der Waals surface area contributed by atoms with Gasteiger partial charge in [0.1, 0.15) is 0 Å². The van der Waals surface area contributed by atoms with Gasteiger partial charge in [0.15, 0.2) is 5.82 Å². The average molecular weight is 431 g/mol. The van der Waals surface area contributed by atoms with Crippen molar-refractivity contribution in [3.8, 4) is 11.4 Å². The molecule has 4 rings (SSSR count). The molecule has 1 aromatic heterocycles. The van der Waals surface area contributed by atoms with Crippen LogP contribution in [0.1, 0.15) is 0 Å². The number of nitrogens with one attached hydrogen (secondary N) is 1. The molecule has 29 heavy (non-hydrogen) atoms. The second-order valence-corrected chi connectivity index (χ2v) is 7.61. The molecule has 1 N–H and O–H groups in total. The predicted molar refractivity (Wildman–Crippen MR) is 115 cm³/mol. The van der Waals surface area contributed by atoms with E-state index in [4.69, 9.17) is 23.8 Å². The lowest BCUT2D eigenvalue weighted by atomic mass is 10.2. The van der Waals surface area contributed by atoms with Gasteiger partial charge in [0, 0.05) is 54.6 Å². The fourth-order valence-electron chi connectivity index (χ4n) is 3.32. The Balaban J connectivity index is 1.38. The highest BCUT2D eigenvalue weighted by Gasteiger charge is 2.19. The lowest BCUT2D eigenvalue weighted by Crippen LogP contribution is -2.46. The third-order valence-electron chi connectivity index (χ3n) is 4.94. The topological polar surface area (TPSA) is 83.2 Å². The number of aromatic nitrogens is 3. The van der Waals surface area contributed by atoms with Gasteiger partial charge in [-0.15, -0.1) is 0 Å². The summed E-state index contributed by atoms with van der Waals surface area (Å²) in [6.45, 7) is 4.02. The number of non-ortho nitro benzene ring substituents is 1. The number of hydrogen-bond acceptors (Lipinski definition) is 6. The number of H-pyrrole nitrogens is 1. The second kappa shape index (κ2) is 8.32. The Hall–Kier alpha value is -2.75. The SMILES string of the molecule is O=[N+]([O-])c1ccc(N2CCN(Cn3[nH]c(-c4ccc(Cl)cc4)nc3=S)CC2)cc1. The number of piperazine rings is 1. The van der Waals surface area contributed by atoms with Gasteiger partial charge < -0.3 is 4.90 Å². The van der Waals surface area contributed by atoms with Crippen LogP contribution in [0, 0.1) is 14.9 Å². The van der Waals surface area contributed by atoms with Crippen LogP contribution < -0.4 is 4.90 Å². The number of benzene rings is 2. The first-order valence-corrected chi connectivity index (χ1v) is 9.93. The number of anilines is 1. The molecule has 3 aromatic rings. The van der Waals surface area contributed by atoms with E-state index in [9.17, 15) is 10.1 Å². The Labute approximate surface area is 177 Å². The predicted octanol–water partition coefficient (Wildman–Crippen LogP) is 3.95. The van der Waals surface area contributed by atoms with Crippen LogP contribution >= 0.6 is 23.8 Å². The van der Waals surface area contributed by atoms with Crippen LogP contribution in [0.2, 0.25) is 5.02 Å². The second-order valence-electron chi connectivity index (χ2n) is 6.81. The van der Waals surface area contributed by atoms with Gasteiger partial charge in [-0.2, -0.15) is 4.98 Å². The van der Waals surface area contributed by atoms with Crippen LogP contribution in [-0.4, -0.2) is 50.8 Å². The summed E-state index contributed by atoms with van der Waals surface area (Å²) in [6.07, 6.45) is 0. The van der Waals surface area contributed by atoms with E-state index in [2.05, 4.69) is 19.9 Å². The van der Waals surface area contributed by atoms with Crippen molar-refractivity contribution in [3.05, 3.63) is 68.4 Å². The summed E-state index contributed by atoms with van der Waals surface area (Å²) in [4.78, 5) is 19.4. The monoisotopic (exact) mass is 430 g/mol. The molecule has 0 bridgehead atoms. The summed E-state index contributed by atoms with van der Waals surface area (Å²) >= 11 is 11.3. The first-order valence-electron chi connectivity index (χ1n) is 9.14. The van der Waals surface area contributed by atoms with Crippen LogP contribution in [0.4, 0.5) is 11.4 Å². The molecule has 10 heteroatoms. The molecule has 1 saturated heterocycles. The van der Waals surface area contributed by atoms with Crippen LogP contribution in [-0.2, 0) is 6.67 Å². The minimum Gasteiger partial charge on any atom is -0.369 e. The molecule has 0 amide bonds. The summed E-state index contributed by atoms with van der Waals surface area (Å²) in [5, 5.41) is 14.7. The first-order chi connectivity index (χ1) is 14.0. The van der Waals surface area contributed by atoms with Crippen molar-refractivity contribution in [2.75, 3.05) is 31.1 Å². The summed E-state index contributed by atoms with van der Waals surface area (Å²) in [6, 6.07) is 14.2. The minimum atomic E-state index is -0.381. The number of nitro groups is 1. The molecular formula is C19H19ClN6O2S. The van der Waals surface area contributed by atoms with E-state index in [-0.39, 0.29) is 10.6 Å². The van der Waals surface area contributed by atoms with E-state index in [1.165, 1.54) is 0 Å². The van der Waals surface area contributed by atoms with Crippen molar-refractivity contribution in [3.63, 3.8) is 0 Å². The molecule has 150 valence electrons. The van der Waals surface area contributed by atoms with Gasteiger partial charge >= 0.3 is 0 Å². The maximum atomic E-state index is 10.8. The van der Waals surface area contributed by atoms with Gasteiger partial charge in [0.25, 0.3) is 5.69 Å². The Morgan fingerprint density at radius 2 is 1.72 bits per heavy atom. The highest BCUT2D eigenvalue weighted by atomic mass is 35.5. The molecule has 2 heterocycles. The summed E-state index contributed by atoms with van der Waals surface area (Å²) < 4.78 is 2.37. The smallest absolute Gasteiger partial charge is 0.269 e. The maximum Gasteiger partial charge on any atom is 0.269 e. The van der Waals surface area contributed by atoms with Crippen LogP contribution in [0.5, 0.6) is 0 Å². The molecule has 0 unspecified atom stereocenters. The number of halogens is 1. The van der Waals surface area contributed by atoms with Crippen LogP contribution in [0.25, 0.3) is 11.4 Å². The molecule has 0 spiro atoms. The third kappa shape index (κ3) is 4.47. The van der Waals surface area contributed by atoms with Crippen LogP contribution in [0.3, 0.4) is 0 Å². The van der Waals surface area contributed by atoms with Gasteiger partial charge in [0.2, 0.25) is 4.77 Å². The third-order valence-corrected chi connectivity index (χ3v) is 5.50. The van der Waals surface area contributed by atoms with Crippen molar-refractivity contribution in [1.29, 1.82) is 0 Å². The summed E-state index contributed by atoms with van der Waals surface area (Å²) in [7, 11) is 0. The number of hydrogen-bond donors (Lipinski definition) is 1. The van der Waals surface area contributed by atoms with Gasteiger partial charge in [0.05, 0.1) is 11.6 Å². The van der Waals surface area contributed by atoms with Gasteiger partial charge in [-0.05, 0) is 48.6 Å². The van der Waals surface area contributed by atoms with Gasteiger partial charge in [-0.3, -0.25) is 20.1 Å². The molecule has 8 nitrogen and oxygen atoms in total. The number of aromatic amines is 1. The Bertz CT molecular complexity index is 1060. The van der Waals surface area contributed by atoms with Crippen molar-refractivity contribution < 1.29 is 4.92 Å². The number of nitrogens with zero attached hydrogens (tertiary/aromatic N) is 5.